The zero-order valence-corrected chi connectivity index (χ0v) is 19.6. The standard InChI is InChI=1S/C26H26ClN5O2/c1-32(16-19-10-18(12-28)13-29-14-19)26(34)20-4-2-17(3-5-20)11-22-7-8-23(31-22)25(33)21-6-9-24(27)30-15-21/h2-6,9-10,13-15,22-23,25,31,33H,7-8,11,16H2,1H3/t22-,23+,25+/m0/s1. The zero-order chi connectivity index (χ0) is 24.1. The summed E-state index contributed by atoms with van der Waals surface area (Å²) in [4.78, 5) is 22.5. The molecule has 3 aromatic rings. The molecule has 1 aromatic carbocycles. The molecule has 1 aliphatic rings. The molecule has 0 aliphatic carbocycles. The average molecular weight is 476 g/mol. The Morgan fingerprint density at radius 2 is 2.00 bits per heavy atom. The maximum absolute atomic E-state index is 12.8. The minimum atomic E-state index is -0.630. The fourth-order valence-corrected chi connectivity index (χ4v) is 4.44. The molecule has 3 heterocycles. The van der Waals surface area contributed by atoms with Crippen molar-refractivity contribution in [2.45, 2.75) is 44.0 Å². The Kier molecular flexibility index (Phi) is 7.53. The lowest BCUT2D eigenvalue weighted by Crippen LogP contribution is -2.35. The van der Waals surface area contributed by atoms with Crippen LogP contribution in [0.25, 0.3) is 0 Å². The third kappa shape index (κ3) is 5.78. The smallest absolute Gasteiger partial charge is 0.253 e. The van der Waals surface area contributed by atoms with Crippen molar-refractivity contribution in [3.8, 4) is 6.07 Å². The molecule has 0 unspecified atom stereocenters. The number of hydrogen-bond donors (Lipinski definition) is 2. The van der Waals surface area contributed by atoms with Crippen molar-refractivity contribution in [3.05, 3.63) is 94.0 Å². The second-order valence-electron chi connectivity index (χ2n) is 8.66. The molecule has 0 saturated carbocycles. The van der Waals surface area contributed by atoms with Crippen LogP contribution in [0.3, 0.4) is 0 Å². The van der Waals surface area contributed by atoms with E-state index in [1.807, 2.05) is 24.3 Å². The second kappa shape index (κ2) is 10.7. The summed E-state index contributed by atoms with van der Waals surface area (Å²) >= 11 is 5.84. The lowest BCUT2D eigenvalue weighted by Gasteiger charge is -2.20. The molecule has 0 spiro atoms. The first-order chi connectivity index (χ1) is 16.4. The Balaban J connectivity index is 1.31. The van der Waals surface area contributed by atoms with Gasteiger partial charge in [-0.2, -0.15) is 5.26 Å². The number of carbonyl (C=O) groups is 1. The van der Waals surface area contributed by atoms with Crippen LogP contribution in [0.1, 0.15) is 51.6 Å². The van der Waals surface area contributed by atoms with Crippen LogP contribution in [-0.4, -0.2) is 45.0 Å². The van der Waals surface area contributed by atoms with E-state index in [2.05, 4.69) is 21.4 Å². The number of nitriles is 1. The second-order valence-corrected chi connectivity index (χ2v) is 9.05. The van der Waals surface area contributed by atoms with Crippen LogP contribution in [0.2, 0.25) is 5.15 Å². The fourth-order valence-electron chi connectivity index (χ4n) is 4.32. The van der Waals surface area contributed by atoms with Gasteiger partial charge in [-0.25, -0.2) is 4.98 Å². The van der Waals surface area contributed by atoms with E-state index in [9.17, 15) is 9.90 Å². The van der Waals surface area contributed by atoms with Crippen LogP contribution in [0.5, 0.6) is 0 Å². The highest BCUT2D eigenvalue weighted by Crippen LogP contribution is 2.27. The Labute approximate surface area is 204 Å². The number of amides is 1. The lowest BCUT2D eigenvalue weighted by atomic mass is 10.0. The first-order valence-corrected chi connectivity index (χ1v) is 11.5. The first kappa shape index (κ1) is 23.8. The number of nitrogens with one attached hydrogen (secondary N) is 1. The molecule has 174 valence electrons. The molecular weight excluding hydrogens is 450 g/mol. The number of nitrogens with zero attached hydrogens (tertiary/aromatic N) is 4. The van der Waals surface area contributed by atoms with Crippen molar-refractivity contribution in [2.75, 3.05) is 7.05 Å². The van der Waals surface area contributed by atoms with Crippen LogP contribution in [0.4, 0.5) is 0 Å². The molecule has 1 saturated heterocycles. The lowest BCUT2D eigenvalue weighted by molar-refractivity contribution is 0.0785. The van der Waals surface area contributed by atoms with E-state index in [4.69, 9.17) is 16.9 Å². The summed E-state index contributed by atoms with van der Waals surface area (Å²) in [6, 6.07) is 15.2. The molecule has 3 atom stereocenters. The van der Waals surface area contributed by atoms with Gasteiger partial charge in [0.25, 0.3) is 5.91 Å². The van der Waals surface area contributed by atoms with Gasteiger partial charge >= 0.3 is 0 Å². The van der Waals surface area contributed by atoms with Gasteiger partial charge in [-0.3, -0.25) is 9.78 Å². The van der Waals surface area contributed by atoms with Gasteiger partial charge in [0.15, 0.2) is 0 Å². The maximum Gasteiger partial charge on any atom is 0.253 e. The van der Waals surface area contributed by atoms with Crippen LogP contribution in [0.15, 0.2) is 61.1 Å². The quantitative estimate of drug-likeness (QED) is 0.505. The Hall–Kier alpha value is -3.31. The van der Waals surface area contributed by atoms with Crippen LogP contribution in [-0.2, 0) is 13.0 Å². The predicted molar refractivity (Wildman–Crippen MR) is 129 cm³/mol. The molecule has 1 amide bonds. The number of rotatable bonds is 7. The van der Waals surface area contributed by atoms with Crippen LogP contribution < -0.4 is 5.32 Å². The van der Waals surface area contributed by atoms with E-state index in [1.165, 1.54) is 6.20 Å². The Morgan fingerprint density at radius 1 is 1.21 bits per heavy atom. The number of aromatic nitrogens is 2. The number of benzene rings is 1. The highest BCUT2D eigenvalue weighted by Gasteiger charge is 2.30. The summed E-state index contributed by atoms with van der Waals surface area (Å²) in [5.74, 6) is -0.0901. The van der Waals surface area contributed by atoms with Gasteiger partial charge in [0.1, 0.15) is 11.2 Å². The molecule has 0 radical (unpaired) electrons. The monoisotopic (exact) mass is 475 g/mol. The van der Waals surface area contributed by atoms with Gasteiger partial charge < -0.3 is 15.3 Å². The summed E-state index contributed by atoms with van der Waals surface area (Å²) in [5.41, 5.74) is 3.78. The van der Waals surface area contributed by atoms with Crippen molar-refractivity contribution >= 4 is 17.5 Å². The molecule has 1 aliphatic heterocycles. The topological polar surface area (TPSA) is 102 Å². The number of pyridine rings is 2. The number of aliphatic hydroxyl groups is 1. The molecule has 4 rings (SSSR count). The van der Waals surface area contributed by atoms with Gasteiger partial charge in [0.2, 0.25) is 0 Å². The summed E-state index contributed by atoms with van der Waals surface area (Å²) in [5, 5.41) is 23.6. The first-order valence-electron chi connectivity index (χ1n) is 11.2. The Bertz CT molecular complexity index is 1180. The van der Waals surface area contributed by atoms with Crippen molar-refractivity contribution in [1.29, 1.82) is 5.26 Å². The largest absolute Gasteiger partial charge is 0.387 e. The Morgan fingerprint density at radius 3 is 2.71 bits per heavy atom. The number of halogens is 1. The molecule has 34 heavy (non-hydrogen) atoms. The molecule has 2 N–H and O–H groups in total. The van der Waals surface area contributed by atoms with Crippen molar-refractivity contribution < 1.29 is 9.90 Å². The van der Waals surface area contributed by atoms with E-state index in [1.54, 1.807) is 42.5 Å². The summed E-state index contributed by atoms with van der Waals surface area (Å²) < 4.78 is 0. The molecule has 8 heteroatoms. The highest BCUT2D eigenvalue weighted by molar-refractivity contribution is 6.29. The summed E-state index contributed by atoms with van der Waals surface area (Å²) in [6.07, 6.45) is 6.80. The SMILES string of the molecule is CN(Cc1cncc(C#N)c1)C(=O)c1ccc(C[C@@H]2CC[C@H]([C@H](O)c3ccc(Cl)nc3)N2)cc1. The fraction of sp³-hybridized carbons (Fsp3) is 0.308. The third-order valence-corrected chi connectivity index (χ3v) is 6.35. The van der Waals surface area contributed by atoms with Gasteiger partial charge in [0, 0.05) is 55.4 Å². The van der Waals surface area contributed by atoms with Gasteiger partial charge in [-0.15, -0.1) is 0 Å². The van der Waals surface area contributed by atoms with Crippen LogP contribution in [0, 0.1) is 11.3 Å². The molecule has 1 fully saturated rings. The van der Waals surface area contributed by atoms with Crippen molar-refractivity contribution in [1.82, 2.24) is 20.2 Å². The minimum absolute atomic E-state index is 0.0310. The normalized spacial score (nSPS) is 18.3. The van der Waals surface area contributed by atoms with Crippen molar-refractivity contribution in [3.63, 3.8) is 0 Å². The zero-order valence-electron chi connectivity index (χ0n) is 18.9. The van der Waals surface area contributed by atoms with Gasteiger partial charge in [-0.05, 0) is 54.7 Å². The van der Waals surface area contributed by atoms with Crippen LogP contribution >= 0.6 is 11.6 Å². The average Bonchev–Trinajstić information content (AvgIpc) is 3.32. The number of carbonyl (C=O) groups excluding carboxylic acids is 1. The van der Waals surface area contributed by atoms with E-state index in [0.29, 0.717) is 22.8 Å². The molecule has 0 bridgehead atoms. The third-order valence-electron chi connectivity index (χ3n) is 6.12. The van der Waals surface area contributed by atoms with Crippen molar-refractivity contribution in [2.24, 2.45) is 0 Å². The van der Waals surface area contributed by atoms with E-state index >= 15 is 0 Å². The number of hydrogen-bond acceptors (Lipinski definition) is 6. The summed E-state index contributed by atoms with van der Waals surface area (Å²) in [6.45, 7) is 0.377. The predicted octanol–water partition coefficient (Wildman–Crippen LogP) is 3.67. The van der Waals surface area contributed by atoms with E-state index < -0.39 is 6.10 Å². The molecular formula is C26H26ClN5O2. The van der Waals surface area contributed by atoms with Gasteiger partial charge in [-0.1, -0.05) is 29.8 Å². The molecule has 7 nitrogen and oxygen atoms in total. The van der Waals surface area contributed by atoms with E-state index in [-0.39, 0.29) is 18.0 Å². The minimum Gasteiger partial charge on any atom is -0.387 e. The highest BCUT2D eigenvalue weighted by atomic mass is 35.5. The summed E-state index contributed by atoms with van der Waals surface area (Å²) in [7, 11) is 1.74. The number of aliphatic hydroxyl groups excluding tert-OH is 1. The van der Waals surface area contributed by atoms with Gasteiger partial charge in [0.05, 0.1) is 11.7 Å². The van der Waals surface area contributed by atoms with E-state index in [0.717, 1.165) is 36.0 Å². The molecule has 2 aromatic heterocycles. The maximum atomic E-state index is 12.8.